The summed E-state index contributed by atoms with van der Waals surface area (Å²) >= 11 is 5.09. The van der Waals surface area contributed by atoms with Crippen LogP contribution in [0.5, 0.6) is 0 Å². The van der Waals surface area contributed by atoms with Gasteiger partial charge in [0.2, 0.25) is 0 Å². The number of pyridine rings is 3. The molecule has 0 saturated heterocycles. The quantitative estimate of drug-likeness (QED) is 0.0943. The van der Waals surface area contributed by atoms with Gasteiger partial charge >= 0.3 is 63.2 Å². The maximum absolute atomic E-state index is 5.02. The normalized spacial score (nSPS) is 11.4. The van der Waals surface area contributed by atoms with E-state index >= 15 is 0 Å². The van der Waals surface area contributed by atoms with Gasteiger partial charge in [0.1, 0.15) is 0 Å². The molecule has 0 atom stereocenters. The van der Waals surface area contributed by atoms with Gasteiger partial charge in [0.15, 0.2) is 0 Å². The first kappa shape index (κ1) is 85.4. The molecule has 0 N–H and O–H groups in total. The maximum atomic E-state index is 5.02. The molecule has 27 rings (SSSR count). The summed E-state index contributed by atoms with van der Waals surface area (Å²) in [6.45, 7) is 0. The van der Waals surface area contributed by atoms with Crippen LogP contribution in [0.4, 0.5) is 0 Å². The molecule has 12 aromatic carbocycles. The smallest absolute Gasteiger partial charge is 0.362 e. The molecule has 21 heteroatoms. The molecule has 0 bridgehead atoms. The third kappa shape index (κ3) is 16.0. The zero-order valence-electron chi connectivity index (χ0n) is 71.2. The fraction of sp³-hybridized carbons (Fsp3) is 0. The maximum Gasteiger partial charge on any atom is 2.00 e. The second-order valence-corrected chi connectivity index (χ2v) is 35.1. The number of fused-ring (bicyclic) bond motifs is 12. The topological polar surface area (TPSA) is 122 Å². The van der Waals surface area contributed by atoms with Crippen molar-refractivity contribution in [3.8, 4) is 117 Å². The Morgan fingerprint density at radius 1 is 0.230 bits per heavy atom. The van der Waals surface area contributed by atoms with Crippen LogP contribution in [0.1, 0.15) is 0 Å². The number of thiazole rings is 3. The van der Waals surface area contributed by atoms with E-state index in [0.717, 1.165) is 198 Å². The summed E-state index contributed by atoms with van der Waals surface area (Å²) in [5.41, 5.74) is 26.8. The van der Waals surface area contributed by atoms with E-state index in [4.69, 9.17) is 24.9 Å². The molecule has 15 heterocycles. The van der Waals surface area contributed by atoms with Gasteiger partial charge in [-0.25, -0.2) is 0 Å². The van der Waals surface area contributed by atoms with E-state index < -0.39 is 0 Å². The Hall–Kier alpha value is -15.1. The van der Waals surface area contributed by atoms with Crippen molar-refractivity contribution in [1.82, 2.24) is 71.0 Å². The Morgan fingerprint density at radius 3 is 1.07 bits per heavy atom. The molecule has 0 amide bonds. The second kappa shape index (κ2) is 36.5. The van der Waals surface area contributed by atoms with Crippen molar-refractivity contribution >= 4 is 130 Å². The van der Waals surface area contributed by atoms with Gasteiger partial charge in [0.25, 0.3) is 0 Å². The zero-order chi connectivity index (χ0) is 87.1. The van der Waals surface area contributed by atoms with Crippen LogP contribution in [-0.4, -0.2) is 71.0 Å². The number of para-hydroxylation sites is 3. The summed E-state index contributed by atoms with van der Waals surface area (Å²) in [6.07, 6.45) is 30.3. The van der Waals surface area contributed by atoms with E-state index in [-0.39, 0.29) is 63.2 Å². The van der Waals surface area contributed by atoms with Crippen molar-refractivity contribution in [2.45, 2.75) is 0 Å². The third-order valence-electron chi connectivity index (χ3n) is 24.1. The number of rotatable bonds is 15. The fourth-order valence-corrected chi connectivity index (χ4v) is 20.6. The van der Waals surface area contributed by atoms with Crippen molar-refractivity contribution in [3.05, 3.63) is 457 Å². The van der Waals surface area contributed by atoms with Crippen LogP contribution in [-0.2, 0) is 63.2 Å². The molecule has 15 aromatic heterocycles. The van der Waals surface area contributed by atoms with Gasteiger partial charge in [-0.05, 0) is 261 Å². The number of hydrogen-bond acceptors (Lipinski definition) is 9. The summed E-state index contributed by atoms with van der Waals surface area (Å²) in [7, 11) is 0. The van der Waals surface area contributed by atoms with Crippen molar-refractivity contribution in [3.63, 3.8) is 0 Å². The van der Waals surface area contributed by atoms with Crippen LogP contribution in [0.3, 0.4) is 0 Å². The third-order valence-corrected chi connectivity index (χ3v) is 27.3. The minimum atomic E-state index is 0. The summed E-state index contributed by atoms with van der Waals surface area (Å²) in [5, 5.41) is 9.75. The fourth-order valence-electron chi connectivity index (χ4n) is 17.8. The molecule has 15 nitrogen and oxygen atoms in total. The van der Waals surface area contributed by atoms with E-state index in [1.54, 1.807) is 34.0 Å². The summed E-state index contributed by atoms with van der Waals surface area (Å²) in [4.78, 5) is 29.1. The molecule has 0 aliphatic rings. The number of nitrogens with zero attached hydrogens (tertiary/aromatic N) is 15. The standard InChI is InChI=1S/3C38H23N5S.3Pt/c1-3-11-33-29(9-1)30-16-13-27(38-40-32-10-2-4-12-37(32)44-38)24-35(30)43(33)36-23-26(14-18-34(36)42-21-7-8-22-42)31-17-15-28(25-39-31)41-19-5-6-20-41;1-2-17-39-33(10-1)26-8-7-9-30(22-26)43-35-16-13-28(41-18-3-4-19-41)24-32(35)31-14-11-27(23-36(31)43)38-40-34-15-12-29(25-37(34)44-38)42-20-5-6-21-42;1-2-11-37-34(10-1)40-38(44-37)27-12-15-31-32-24-28(41-18-3-4-19-41)14-17-35(32)43(36(31)23-27)29-9-7-8-26(22-29)33-16-13-30(25-39-33)42-20-5-6-21-42;;;/h1-22,25H;2*1-21,24-25H;;;/q3*-2;3*+2. The molecule has 648 valence electrons. The van der Waals surface area contributed by atoms with Crippen molar-refractivity contribution in [2.24, 2.45) is 0 Å². The Morgan fingerprint density at radius 2 is 0.607 bits per heavy atom. The first-order valence-electron chi connectivity index (χ1n) is 43.2. The van der Waals surface area contributed by atoms with E-state index in [0.29, 0.717) is 0 Å². The molecule has 0 unspecified atom stereocenters. The minimum absolute atomic E-state index is 0. The monoisotopic (exact) mass is 2330 g/mol. The number of benzene rings is 12. The van der Waals surface area contributed by atoms with Gasteiger partial charge in [0.05, 0.1) is 27.9 Å². The van der Waals surface area contributed by atoms with Gasteiger partial charge in [-0.15, -0.1) is 155 Å². The molecule has 0 spiro atoms. The van der Waals surface area contributed by atoms with Crippen molar-refractivity contribution in [2.75, 3.05) is 0 Å². The SMILES string of the molecule is [Pt+2].[Pt+2].[Pt+2].[c-]1c(-c2ccc(-n3cccc3)cn2)ccc(-n2cccc2)c1-n1c2[c-]c(-c3nc4ccccc4s3)ccc2c2ccccc21.[c-]1c(-c2ccc(-n3cccc3)cn2)cccc1-n1c2[c-]c(-c3nc4ccccc4s3)ccc2c2cc(-n3cccc3)ccc21.[c-]1c(-c2ccccn2)cccc1-n1c2[c-]c(-c3nc4ccc(-n5cccc5)cc4s3)ccc2c2cc(-n3cccc3)ccc21. The molecule has 0 fully saturated rings. The predicted octanol–water partition coefficient (Wildman–Crippen LogP) is 27.9. The summed E-state index contributed by atoms with van der Waals surface area (Å²) in [5.74, 6) is 0. The largest absolute Gasteiger partial charge is 2.00 e. The summed E-state index contributed by atoms with van der Waals surface area (Å²) < 4.78 is 22.9. The Balaban J connectivity index is 0.000000116. The van der Waals surface area contributed by atoms with Crippen LogP contribution in [0.25, 0.3) is 213 Å². The van der Waals surface area contributed by atoms with E-state index in [2.05, 4.69) is 357 Å². The Bertz CT molecular complexity index is 8890. The molecular weight excluding hydrogens is 2260 g/mol. The minimum Gasteiger partial charge on any atom is -0.362 e. The molecule has 27 aromatic rings. The molecule has 0 radical (unpaired) electrons. The Labute approximate surface area is 830 Å². The van der Waals surface area contributed by atoms with Gasteiger partial charge in [-0.1, -0.05) is 82.9 Å². The van der Waals surface area contributed by atoms with E-state index in [1.165, 1.54) is 14.8 Å². The van der Waals surface area contributed by atoms with Crippen LogP contribution in [0.15, 0.2) is 421 Å². The average Bonchev–Trinajstić information content (AvgIpc) is 1.59. The molecule has 135 heavy (non-hydrogen) atoms. The van der Waals surface area contributed by atoms with Gasteiger partial charge in [0, 0.05) is 143 Å². The van der Waals surface area contributed by atoms with Crippen LogP contribution < -0.4 is 0 Å². The van der Waals surface area contributed by atoms with Gasteiger partial charge in [-0.3, -0.25) is 15.0 Å². The van der Waals surface area contributed by atoms with E-state index in [1.807, 2.05) is 147 Å². The zero-order valence-corrected chi connectivity index (χ0v) is 80.5. The van der Waals surface area contributed by atoms with Crippen molar-refractivity contribution in [1.29, 1.82) is 0 Å². The molecular formula is C114H69N15Pt3S3. The van der Waals surface area contributed by atoms with Crippen molar-refractivity contribution < 1.29 is 63.2 Å². The number of aromatic nitrogens is 15. The first-order chi connectivity index (χ1) is 65.4. The molecule has 0 aliphatic heterocycles. The Kier molecular flexibility index (Phi) is 23.1. The van der Waals surface area contributed by atoms with Crippen LogP contribution in [0, 0.1) is 36.4 Å². The van der Waals surface area contributed by atoms with E-state index in [9.17, 15) is 0 Å². The average molecular weight is 2330 g/mol. The van der Waals surface area contributed by atoms with Gasteiger partial charge in [-0.2, -0.15) is 34.0 Å². The molecule has 0 aliphatic carbocycles. The number of hydrogen-bond donors (Lipinski definition) is 0. The molecule has 0 saturated carbocycles. The van der Waals surface area contributed by atoms with Gasteiger partial charge < -0.3 is 56.1 Å². The van der Waals surface area contributed by atoms with Crippen LogP contribution >= 0.6 is 34.0 Å². The summed E-state index contributed by atoms with van der Waals surface area (Å²) in [6, 6.07) is 136. The second-order valence-electron chi connectivity index (χ2n) is 32.0. The first-order valence-corrected chi connectivity index (χ1v) is 45.7. The predicted molar refractivity (Wildman–Crippen MR) is 537 cm³/mol. The van der Waals surface area contributed by atoms with Crippen LogP contribution in [0.2, 0.25) is 0 Å².